The molecule has 0 fully saturated rings. The minimum Gasteiger partial charge on any atom is -0.330 e. The molecule has 3 nitrogen and oxygen atoms in total. The van der Waals surface area contributed by atoms with E-state index in [0.717, 1.165) is 26.1 Å². The van der Waals surface area contributed by atoms with Gasteiger partial charge in [0.05, 0.1) is 13.1 Å². The molecular weight excluding hydrogens is 162 g/mol. The lowest BCUT2D eigenvalue weighted by Crippen LogP contribution is -2.32. The molecule has 3 heteroatoms. The first kappa shape index (κ1) is 10.3. The molecule has 0 spiro atoms. The van der Waals surface area contributed by atoms with Crippen molar-refractivity contribution in [3.05, 3.63) is 18.7 Å². The predicted octanol–water partition coefficient (Wildman–Crippen LogP) is 0.924. The largest absolute Gasteiger partial charge is 0.330 e. The van der Waals surface area contributed by atoms with E-state index < -0.39 is 0 Å². The zero-order valence-electron chi connectivity index (χ0n) is 8.45. The maximum absolute atomic E-state index is 5.44. The Morgan fingerprint density at radius 3 is 2.92 bits per heavy atom. The van der Waals surface area contributed by atoms with Gasteiger partial charge in [0.1, 0.15) is 12.4 Å². The molecule has 0 saturated carbocycles. The van der Waals surface area contributed by atoms with Crippen molar-refractivity contribution in [2.45, 2.75) is 39.3 Å². The van der Waals surface area contributed by atoms with Gasteiger partial charge >= 0.3 is 0 Å². The summed E-state index contributed by atoms with van der Waals surface area (Å²) in [4.78, 5) is 0. The van der Waals surface area contributed by atoms with Crippen molar-refractivity contribution in [1.29, 1.82) is 0 Å². The molecule has 0 bridgehead atoms. The molecule has 0 saturated heterocycles. The van der Waals surface area contributed by atoms with E-state index in [1.54, 1.807) is 0 Å². The Kier molecular flexibility index (Phi) is 4.54. The van der Waals surface area contributed by atoms with E-state index in [1.165, 1.54) is 12.8 Å². The number of nitrogens with zero attached hydrogens (tertiary/aromatic N) is 2. The van der Waals surface area contributed by atoms with Gasteiger partial charge in [0.25, 0.3) is 0 Å². The van der Waals surface area contributed by atoms with Crippen LogP contribution in [0, 0.1) is 0 Å². The number of hydrogen-bond acceptors (Lipinski definition) is 1. The molecule has 1 aromatic heterocycles. The Morgan fingerprint density at radius 2 is 2.23 bits per heavy atom. The van der Waals surface area contributed by atoms with Crippen LogP contribution in [0.25, 0.3) is 0 Å². The molecule has 0 radical (unpaired) electrons. The molecule has 0 aliphatic heterocycles. The normalized spacial score (nSPS) is 10.6. The second kappa shape index (κ2) is 5.75. The van der Waals surface area contributed by atoms with Crippen molar-refractivity contribution in [2.24, 2.45) is 5.73 Å². The first-order chi connectivity index (χ1) is 6.36. The fraction of sp³-hybridized carbons (Fsp3) is 0.700. The van der Waals surface area contributed by atoms with Crippen LogP contribution in [0.15, 0.2) is 18.7 Å². The third-order valence-electron chi connectivity index (χ3n) is 2.14. The Balaban J connectivity index is 2.34. The molecule has 1 heterocycles. The lowest BCUT2D eigenvalue weighted by Gasteiger charge is -1.93. The maximum Gasteiger partial charge on any atom is 0.243 e. The highest BCUT2D eigenvalue weighted by Crippen LogP contribution is 1.92. The van der Waals surface area contributed by atoms with E-state index in [4.69, 9.17) is 5.73 Å². The van der Waals surface area contributed by atoms with E-state index in [9.17, 15) is 0 Å². The van der Waals surface area contributed by atoms with Crippen molar-refractivity contribution in [1.82, 2.24) is 4.57 Å². The van der Waals surface area contributed by atoms with Gasteiger partial charge in [-0.05, 0) is 19.4 Å². The lowest BCUT2D eigenvalue weighted by molar-refractivity contribution is -0.696. The van der Waals surface area contributed by atoms with Crippen molar-refractivity contribution in [2.75, 3.05) is 6.54 Å². The van der Waals surface area contributed by atoms with E-state index in [1.807, 2.05) is 0 Å². The van der Waals surface area contributed by atoms with E-state index in [-0.39, 0.29) is 0 Å². The number of imidazole rings is 1. The maximum atomic E-state index is 5.44. The van der Waals surface area contributed by atoms with Gasteiger partial charge < -0.3 is 5.73 Å². The van der Waals surface area contributed by atoms with E-state index >= 15 is 0 Å². The van der Waals surface area contributed by atoms with Crippen LogP contribution in [0.4, 0.5) is 0 Å². The number of unbranched alkanes of at least 4 members (excludes halogenated alkanes) is 1. The fourth-order valence-electron chi connectivity index (χ4n) is 1.32. The van der Waals surface area contributed by atoms with Crippen molar-refractivity contribution in [3.8, 4) is 0 Å². The highest BCUT2D eigenvalue weighted by Gasteiger charge is 2.01. The Hall–Kier alpha value is -0.830. The van der Waals surface area contributed by atoms with Crippen LogP contribution in [0.1, 0.15) is 26.2 Å². The summed E-state index contributed by atoms with van der Waals surface area (Å²) < 4.78 is 4.43. The molecule has 74 valence electrons. The van der Waals surface area contributed by atoms with Crippen LogP contribution in [0.5, 0.6) is 0 Å². The first-order valence-corrected chi connectivity index (χ1v) is 5.11. The van der Waals surface area contributed by atoms with Crippen molar-refractivity contribution in [3.63, 3.8) is 0 Å². The third-order valence-corrected chi connectivity index (χ3v) is 2.14. The van der Waals surface area contributed by atoms with E-state index in [2.05, 4.69) is 34.8 Å². The van der Waals surface area contributed by atoms with Gasteiger partial charge in [-0.25, -0.2) is 9.13 Å². The number of aromatic nitrogens is 2. The monoisotopic (exact) mass is 182 g/mol. The van der Waals surface area contributed by atoms with Crippen LogP contribution in [0.3, 0.4) is 0 Å². The first-order valence-electron chi connectivity index (χ1n) is 5.11. The summed E-state index contributed by atoms with van der Waals surface area (Å²) in [7, 11) is 0. The molecule has 0 unspecified atom stereocenters. The summed E-state index contributed by atoms with van der Waals surface area (Å²) in [6.45, 7) is 5.15. The quantitative estimate of drug-likeness (QED) is 0.652. The number of rotatable bonds is 6. The van der Waals surface area contributed by atoms with Gasteiger partial charge in [0.15, 0.2) is 0 Å². The molecule has 2 N–H and O–H groups in total. The van der Waals surface area contributed by atoms with Crippen LogP contribution in [-0.2, 0) is 13.1 Å². The van der Waals surface area contributed by atoms with Gasteiger partial charge in [0, 0.05) is 0 Å². The van der Waals surface area contributed by atoms with E-state index in [0.29, 0.717) is 0 Å². The van der Waals surface area contributed by atoms with Crippen LogP contribution < -0.4 is 10.3 Å². The highest BCUT2D eigenvalue weighted by molar-refractivity contribution is 4.65. The second-order valence-corrected chi connectivity index (χ2v) is 3.39. The van der Waals surface area contributed by atoms with Gasteiger partial charge in [-0.15, -0.1) is 0 Å². The van der Waals surface area contributed by atoms with Gasteiger partial charge in [-0.3, -0.25) is 0 Å². The predicted molar refractivity (Wildman–Crippen MR) is 53.2 cm³/mol. The standard InChI is InChI=1S/C10H20N3/c1-2-3-6-12-8-9-13(10-12)7-4-5-11/h8-10H,2-7,11H2,1H3/q+1. The summed E-state index contributed by atoms with van der Waals surface area (Å²) in [5.41, 5.74) is 5.44. The minimum atomic E-state index is 0.771. The van der Waals surface area contributed by atoms with Gasteiger partial charge in [0.2, 0.25) is 6.33 Å². The van der Waals surface area contributed by atoms with Gasteiger partial charge in [-0.1, -0.05) is 13.3 Å². The zero-order chi connectivity index (χ0) is 9.52. The van der Waals surface area contributed by atoms with Crippen LogP contribution in [0.2, 0.25) is 0 Å². The lowest BCUT2D eigenvalue weighted by atomic mass is 10.3. The van der Waals surface area contributed by atoms with Crippen LogP contribution >= 0.6 is 0 Å². The topological polar surface area (TPSA) is 34.8 Å². The highest BCUT2D eigenvalue weighted by atomic mass is 15.1. The Labute approximate surface area is 80.2 Å². The third kappa shape index (κ3) is 3.59. The molecule has 1 rings (SSSR count). The van der Waals surface area contributed by atoms with Gasteiger partial charge in [-0.2, -0.15) is 0 Å². The van der Waals surface area contributed by atoms with Crippen LogP contribution in [-0.4, -0.2) is 11.1 Å². The zero-order valence-corrected chi connectivity index (χ0v) is 8.45. The molecule has 0 aliphatic rings. The molecule has 13 heavy (non-hydrogen) atoms. The number of hydrogen-bond donors (Lipinski definition) is 1. The molecule has 1 aromatic rings. The average Bonchev–Trinajstić information content (AvgIpc) is 2.59. The van der Waals surface area contributed by atoms with Crippen molar-refractivity contribution >= 4 is 0 Å². The molecule has 0 amide bonds. The molecule has 0 aliphatic carbocycles. The Bertz CT molecular complexity index is 207. The molecular formula is C10H20N3+. The molecule has 0 atom stereocenters. The molecule has 0 aromatic carbocycles. The Morgan fingerprint density at radius 1 is 1.38 bits per heavy atom. The SMILES string of the molecule is CCCCn1cc[n+](CCCN)c1. The smallest absolute Gasteiger partial charge is 0.243 e. The number of nitrogens with two attached hydrogens (primary N) is 1. The summed E-state index contributed by atoms with van der Waals surface area (Å²) in [6, 6.07) is 0. The summed E-state index contributed by atoms with van der Waals surface area (Å²) in [6.07, 6.45) is 9.97. The minimum absolute atomic E-state index is 0.771. The summed E-state index contributed by atoms with van der Waals surface area (Å²) in [5.74, 6) is 0. The fourth-order valence-corrected chi connectivity index (χ4v) is 1.32. The second-order valence-electron chi connectivity index (χ2n) is 3.39. The average molecular weight is 182 g/mol. The van der Waals surface area contributed by atoms with Crippen molar-refractivity contribution < 1.29 is 4.57 Å². The summed E-state index contributed by atoms with van der Waals surface area (Å²) in [5, 5.41) is 0. The number of aryl methyl sites for hydroxylation is 2. The summed E-state index contributed by atoms with van der Waals surface area (Å²) >= 11 is 0.